The Balaban J connectivity index is 1.77. The van der Waals surface area contributed by atoms with Crippen LogP contribution < -0.4 is 10.6 Å². The van der Waals surface area contributed by atoms with E-state index in [0.717, 1.165) is 5.56 Å². The number of hydrogen-bond donors (Lipinski definition) is 5. The number of benzene rings is 1. The number of alkyl carbamates (subject to hydrolysis) is 1. The zero-order valence-electron chi connectivity index (χ0n) is 15.5. The highest BCUT2D eigenvalue weighted by Crippen LogP contribution is 2.22. The third-order valence-corrected chi connectivity index (χ3v) is 4.12. The van der Waals surface area contributed by atoms with Crippen LogP contribution in [-0.2, 0) is 25.6 Å². The lowest BCUT2D eigenvalue weighted by Crippen LogP contribution is -2.64. The molecule has 0 aliphatic carbocycles. The molecule has 1 aliphatic heterocycles. The number of hydrogen-bond acceptors (Lipinski definition) is 8. The molecular formula is C18H26N2O8. The van der Waals surface area contributed by atoms with Crippen molar-refractivity contribution in [1.82, 2.24) is 10.6 Å². The maximum Gasteiger partial charge on any atom is 0.407 e. The molecule has 1 heterocycles. The molecule has 2 rings (SSSR count). The molecule has 1 aromatic carbocycles. The number of nitrogens with one attached hydrogen (secondary N) is 2. The fourth-order valence-corrected chi connectivity index (χ4v) is 2.72. The van der Waals surface area contributed by atoms with Gasteiger partial charge in [-0.2, -0.15) is 0 Å². The molecule has 0 saturated carbocycles. The fourth-order valence-electron chi connectivity index (χ4n) is 2.72. The number of ether oxygens (including phenoxy) is 3. The van der Waals surface area contributed by atoms with Gasteiger partial charge in [0.25, 0.3) is 0 Å². The van der Waals surface area contributed by atoms with Gasteiger partial charge in [0.2, 0.25) is 5.91 Å². The molecule has 0 radical (unpaired) electrons. The number of amides is 2. The van der Waals surface area contributed by atoms with Crippen LogP contribution in [-0.4, -0.2) is 77.7 Å². The van der Waals surface area contributed by atoms with E-state index in [2.05, 4.69) is 10.6 Å². The second-order valence-electron chi connectivity index (χ2n) is 6.29. The van der Waals surface area contributed by atoms with Crippen LogP contribution in [0.25, 0.3) is 0 Å². The number of aliphatic hydroxyl groups is 3. The molecule has 2 amide bonds. The molecule has 10 nitrogen and oxygen atoms in total. The third-order valence-electron chi connectivity index (χ3n) is 4.12. The molecule has 1 fully saturated rings. The van der Waals surface area contributed by atoms with E-state index in [9.17, 15) is 24.9 Å². The van der Waals surface area contributed by atoms with E-state index in [1.165, 1.54) is 6.92 Å². The summed E-state index contributed by atoms with van der Waals surface area (Å²) in [6.07, 6.45) is -5.56. The highest BCUT2D eigenvalue weighted by atomic mass is 16.7. The standard InChI is InChI=1S/C18H26N2O8/c1-11(22)20-14-16(24)15(23)13(9-21)28-17(14)26-8-7-19-18(25)27-10-12-5-3-2-4-6-12/h2-6,13-17,21,23-24H,7-10H2,1H3,(H,19,25)(H,20,22)/t13-,14-,15-,16-,17-/m1/s1. The SMILES string of the molecule is CC(=O)N[C@H]1[C@H](OCCNC(=O)OCc2ccccc2)O[C@H](CO)[C@@H](O)[C@@H]1O. The summed E-state index contributed by atoms with van der Waals surface area (Å²) in [6.45, 7) is 0.921. The van der Waals surface area contributed by atoms with Gasteiger partial charge < -0.3 is 40.2 Å². The third kappa shape index (κ3) is 6.43. The molecule has 5 atom stereocenters. The smallest absolute Gasteiger partial charge is 0.407 e. The zero-order valence-corrected chi connectivity index (χ0v) is 15.5. The summed E-state index contributed by atoms with van der Waals surface area (Å²) < 4.78 is 15.9. The lowest BCUT2D eigenvalue weighted by molar-refractivity contribution is -0.269. The van der Waals surface area contributed by atoms with Crippen molar-refractivity contribution in [1.29, 1.82) is 0 Å². The molecule has 1 aliphatic rings. The van der Waals surface area contributed by atoms with E-state index >= 15 is 0 Å². The van der Waals surface area contributed by atoms with Crippen LogP contribution >= 0.6 is 0 Å². The van der Waals surface area contributed by atoms with Gasteiger partial charge >= 0.3 is 6.09 Å². The Hall–Kier alpha value is -2.24. The fraction of sp³-hybridized carbons (Fsp3) is 0.556. The van der Waals surface area contributed by atoms with E-state index in [1.54, 1.807) is 0 Å². The summed E-state index contributed by atoms with van der Waals surface area (Å²) >= 11 is 0. The Morgan fingerprint density at radius 2 is 1.89 bits per heavy atom. The van der Waals surface area contributed by atoms with Gasteiger partial charge in [-0.1, -0.05) is 30.3 Å². The maximum atomic E-state index is 11.7. The first kappa shape index (κ1) is 22.1. The molecule has 1 aromatic rings. The number of rotatable bonds is 8. The van der Waals surface area contributed by atoms with Gasteiger partial charge in [0.15, 0.2) is 6.29 Å². The Morgan fingerprint density at radius 3 is 2.54 bits per heavy atom. The van der Waals surface area contributed by atoms with E-state index < -0.39 is 49.3 Å². The summed E-state index contributed by atoms with van der Waals surface area (Å²) in [5, 5.41) is 34.3. The van der Waals surface area contributed by atoms with Crippen LogP contribution in [0, 0.1) is 0 Å². The van der Waals surface area contributed by atoms with Gasteiger partial charge in [-0.15, -0.1) is 0 Å². The highest BCUT2D eigenvalue weighted by Gasteiger charge is 2.45. The molecule has 0 spiro atoms. The van der Waals surface area contributed by atoms with Crippen molar-refractivity contribution in [2.75, 3.05) is 19.8 Å². The van der Waals surface area contributed by atoms with Crippen molar-refractivity contribution in [3.63, 3.8) is 0 Å². The van der Waals surface area contributed by atoms with Gasteiger partial charge in [0.05, 0.1) is 13.2 Å². The number of carbonyl (C=O) groups excluding carboxylic acids is 2. The molecule has 0 unspecified atom stereocenters. The Morgan fingerprint density at radius 1 is 1.18 bits per heavy atom. The van der Waals surface area contributed by atoms with Gasteiger partial charge in [0, 0.05) is 13.5 Å². The first-order valence-corrected chi connectivity index (χ1v) is 8.88. The first-order chi connectivity index (χ1) is 13.4. The highest BCUT2D eigenvalue weighted by molar-refractivity contribution is 5.73. The van der Waals surface area contributed by atoms with Crippen molar-refractivity contribution >= 4 is 12.0 Å². The van der Waals surface area contributed by atoms with Gasteiger partial charge in [-0.3, -0.25) is 4.79 Å². The summed E-state index contributed by atoms with van der Waals surface area (Å²) in [4.78, 5) is 23.0. The van der Waals surface area contributed by atoms with Crippen LogP contribution in [0.4, 0.5) is 4.79 Å². The molecule has 156 valence electrons. The van der Waals surface area contributed by atoms with E-state index in [-0.39, 0.29) is 19.8 Å². The van der Waals surface area contributed by atoms with E-state index in [4.69, 9.17) is 14.2 Å². The Labute approximate surface area is 162 Å². The van der Waals surface area contributed by atoms with Crippen LogP contribution in [0.1, 0.15) is 12.5 Å². The largest absolute Gasteiger partial charge is 0.445 e. The predicted octanol–water partition coefficient (Wildman–Crippen LogP) is -1.13. The minimum absolute atomic E-state index is 0.0118. The first-order valence-electron chi connectivity index (χ1n) is 8.88. The summed E-state index contributed by atoms with van der Waals surface area (Å²) in [5.74, 6) is -0.446. The van der Waals surface area contributed by atoms with Crippen LogP contribution in [0.3, 0.4) is 0 Å². The summed E-state index contributed by atoms with van der Waals surface area (Å²) in [7, 11) is 0. The van der Waals surface area contributed by atoms with Gasteiger partial charge in [-0.05, 0) is 5.56 Å². The Bertz CT molecular complexity index is 629. The molecule has 10 heteroatoms. The normalized spacial score (nSPS) is 27.1. The van der Waals surface area contributed by atoms with Crippen LogP contribution in [0.2, 0.25) is 0 Å². The minimum Gasteiger partial charge on any atom is -0.445 e. The lowest BCUT2D eigenvalue weighted by atomic mass is 9.97. The minimum atomic E-state index is -1.39. The lowest BCUT2D eigenvalue weighted by Gasteiger charge is -2.42. The van der Waals surface area contributed by atoms with Gasteiger partial charge in [-0.25, -0.2) is 4.79 Å². The quantitative estimate of drug-likeness (QED) is 0.346. The topological polar surface area (TPSA) is 147 Å². The van der Waals surface area contributed by atoms with Gasteiger partial charge in [0.1, 0.15) is 31.0 Å². The average Bonchev–Trinajstić information content (AvgIpc) is 2.69. The van der Waals surface area contributed by atoms with Crippen molar-refractivity contribution in [3.05, 3.63) is 35.9 Å². The van der Waals surface area contributed by atoms with E-state index in [1.807, 2.05) is 30.3 Å². The van der Waals surface area contributed by atoms with Crippen molar-refractivity contribution in [2.24, 2.45) is 0 Å². The molecular weight excluding hydrogens is 372 g/mol. The van der Waals surface area contributed by atoms with Crippen molar-refractivity contribution in [3.8, 4) is 0 Å². The van der Waals surface area contributed by atoms with Crippen molar-refractivity contribution in [2.45, 2.75) is 44.2 Å². The monoisotopic (exact) mass is 398 g/mol. The van der Waals surface area contributed by atoms with E-state index in [0.29, 0.717) is 0 Å². The number of carbonyl (C=O) groups is 2. The molecule has 5 N–H and O–H groups in total. The molecule has 1 saturated heterocycles. The second-order valence-corrected chi connectivity index (χ2v) is 6.29. The molecule has 0 aromatic heterocycles. The Kier molecular flexibility index (Phi) is 8.61. The van der Waals surface area contributed by atoms with Crippen molar-refractivity contribution < 1.29 is 39.1 Å². The zero-order chi connectivity index (χ0) is 20.5. The van der Waals surface area contributed by atoms with Crippen LogP contribution in [0.5, 0.6) is 0 Å². The average molecular weight is 398 g/mol. The predicted molar refractivity (Wildman–Crippen MR) is 95.9 cm³/mol. The summed E-state index contributed by atoms with van der Waals surface area (Å²) in [6, 6.07) is 8.17. The van der Waals surface area contributed by atoms with Crippen LogP contribution in [0.15, 0.2) is 30.3 Å². The number of aliphatic hydroxyl groups excluding tert-OH is 3. The summed E-state index contributed by atoms with van der Waals surface area (Å²) in [5.41, 5.74) is 0.852. The maximum absolute atomic E-state index is 11.7. The molecule has 0 bridgehead atoms. The molecule has 28 heavy (non-hydrogen) atoms. The second kappa shape index (κ2) is 10.9.